The Bertz CT molecular complexity index is 1330. The van der Waals surface area contributed by atoms with E-state index >= 15 is 0 Å². The van der Waals surface area contributed by atoms with E-state index in [2.05, 4.69) is 15.6 Å². The molecular weight excluding hydrogens is 491 g/mol. The Morgan fingerprint density at radius 3 is 2.55 bits per heavy atom. The number of pyridine rings is 1. The second-order valence-electron chi connectivity index (χ2n) is 11.8. The topological polar surface area (TPSA) is 66.4 Å². The smallest absolute Gasteiger partial charge is 0.416 e. The van der Waals surface area contributed by atoms with Crippen LogP contribution in [-0.2, 0) is 6.18 Å². The van der Waals surface area contributed by atoms with Gasteiger partial charge in [0.2, 0.25) is 0 Å². The summed E-state index contributed by atoms with van der Waals surface area (Å²) in [6.45, 7) is 2.87. The van der Waals surface area contributed by atoms with Gasteiger partial charge in [-0.25, -0.2) is 0 Å². The summed E-state index contributed by atoms with van der Waals surface area (Å²) < 4.78 is 47.0. The fourth-order valence-corrected chi connectivity index (χ4v) is 7.52. The van der Waals surface area contributed by atoms with E-state index < -0.39 is 17.3 Å². The van der Waals surface area contributed by atoms with Gasteiger partial charge in [-0.2, -0.15) is 13.2 Å². The number of alkyl halides is 3. The number of nitrogens with zero attached hydrogens (tertiary/aromatic N) is 1. The second-order valence-corrected chi connectivity index (χ2v) is 11.8. The van der Waals surface area contributed by atoms with Gasteiger partial charge < -0.3 is 20.5 Å². The number of benzene rings is 2. The van der Waals surface area contributed by atoms with Crippen molar-refractivity contribution in [2.24, 2.45) is 11.8 Å². The molecule has 0 radical (unpaired) electrons. The van der Waals surface area contributed by atoms with Gasteiger partial charge in [-0.1, -0.05) is 18.2 Å². The molecule has 0 aliphatic heterocycles. The van der Waals surface area contributed by atoms with E-state index in [1.54, 1.807) is 6.07 Å². The number of para-hydroxylation sites is 1. The molecule has 0 saturated heterocycles. The SMILES string of the molecule is Cc1cc(Nc2cc(OCCCNC34CC5CC(CC(O)(C5)C3)C4)cc(C(F)(F)F)c2)c2ccccc2n1. The molecule has 0 amide bonds. The number of halogens is 3. The lowest BCUT2D eigenvalue weighted by atomic mass is 9.51. The first kappa shape index (κ1) is 25.4. The molecule has 2 aromatic carbocycles. The fraction of sp³-hybridized carbons (Fsp3) is 0.500. The van der Waals surface area contributed by atoms with Crippen LogP contribution < -0.4 is 15.4 Å². The Balaban J connectivity index is 1.12. The quantitative estimate of drug-likeness (QED) is 0.284. The number of hydrogen-bond donors (Lipinski definition) is 3. The maximum Gasteiger partial charge on any atom is 0.416 e. The lowest BCUT2D eigenvalue weighted by Crippen LogP contribution is -2.64. The number of aryl methyl sites for hydroxylation is 1. The molecule has 1 aromatic heterocycles. The molecule has 5 nitrogen and oxygen atoms in total. The molecule has 8 heteroatoms. The van der Waals surface area contributed by atoms with Crippen LogP contribution in [0.2, 0.25) is 0 Å². The van der Waals surface area contributed by atoms with Crippen LogP contribution in [0.1, 0.15) is 56.2 Å². The lowest BCUT2D eigenvalue weighted by Gasteiger charge is -2.60. The van der Waals surface area contributed by atoms with E-state index in [1.807, 2.05) is 37.3 Å². The van der Waals surface area contributed by atoms with Crippen LogP contribution in [-0.4, -0.2) is 34.4 Å². The van der Waals surface area contributed by atoms with Crippen LogP contribution in [0.3, 0.4) is 0 Å². The van der Waals surface area contributed by atoms with E-state index in [1.165, 1.54) is 6.42 Å². The van der Waals surface area contributed by atoms with Crippen molar-refractivity contribution in [1.82, 2.24) is 10.3 Å². The number of nitrogens with one attached hydrogen (secondary N) is 2. The molecule has 7 rings (SSSR count). The van der Waals surface area contributed by atoms with Gasteiger partial charge >= 0.3 is 6.18 Å². The van der Waals surface area contributed by atoms with Crippen LogP contribution in [0.25, 0.3) is 10.9 Å². The largest absolute Gasteiger partial charge is 0.493 e. The van der Waals surface area contributed by atoms with Gasteiger partial charge in [-0.3, -0.25) is 4.98 Å². The summed E-state index contributed by atoms with van der Waals surface area (Å²) in [4.78, 5) is 4.51. The maximum absolute atomic E-state index is 13.7. The summed E-state index contributed by atoms with van der Waals surface area (Å²) in [6.07, 6.45) is 2.29. The van der Waals surface area contributed by atoms with Gasteiger partial charge in [-0.05, 0) is 94.5 Å². The molecule has 4 bridgehead atoms. The summed E-state index contributed by atoms with van der Waals surface area (Å²) in [5.74, 6) is 1.38. The van der Waals surface area contributed by atoms with Crippen molar-refractivity contribution < 1.29 is 23.0 Å². The highest BCUT2D eigenvalue weighted by Gasteiger charge is 2.56. The number of aliphatic hydroxyl groups is 1. The first-order chi connectivity index (χ1) is 18.1. The van der Waals surface area contributed by atoms with Crippen molar-refractivity contribution in [2.75, 3.05) is 18.5 Å². The van der Waals surface area contributed by atoms with Gasteiger partial charge in [0.05, 0.1) is 23.3 Å². The second kappa shape index (κ2) is 9.42. The molecule has 4 aliphatic carbocycles. The third-order valence-corrected chi connectivity index (χ3v) is 8.48. The summed E-state index contributed by atoms with van der Waals surface area (Å²) in [5, 5.41) is 18.6. The van der Waals surface area contributed by atoms with Crippen LogP contribution in [0.4, 0.5) is 24.5 Å². The van der Waals surface area contributed by atoms with Crippen molar-refractivity contribution in [2.45, 2.75) is 69.2 Å². The zero-order chi connectivity index (χ0) is 26.5. The molecule has 4 aliphatic rings. The van der Waals surface area contributed by atoms with Crippen molar-refractivity contribution in [3.63, 3.8) is 0 Å². The lowest BCUT2D eigenvalue weighted by molar-refractivity contribution is -0.142. The summed E-state index contributed by atoms with van der Waals surface area (Å²) >= 11 is 0. The molecule has 202 valence electrons. The van der Waals surface area contributed by atoms with Gasteiger partial charge in [0.1, 0.15) is 5.75 Å². The summed E-state index contributed by atoms with van der Waals surface area (Å²) in [6, 6.07) is 13.1. The van der Waals surface area contributed by atoms with Crippen molar-refractivity contribution in [3.05, 3.63) is 59.8 Å². The van der Waals surface area contributed by atoms with E-state index in [0.717, 1.165) is 60.8 Å². The highest BCUT2D eigenvalue weighted by atomic mass is 19.4. The van der Waals surface area contributed by atoms with Crippen LogP contribution in [0.15, 0.2) is 48.5 Å². The van der Waals surface area contributed by atoms with E-state index in [9.17, 15) is 18.3 Å². The minimum absolute atomic E-state index is 0.00241. The standard InChI is InChI=1S/C30H34F3N3O2/c1-19-9-27(25-5-2-3-6-26(25)35-19)36-23-11-22(30(31,32)33)12-24(13-23)38-8-4-7-34-28-14-20-10-21(15-28)17-29(37,16-20)18-28/h2-3,5-6,9,11-13,20-21,34,37H,4,7-8,10,14-18H2,1H3,(H,35,36). The van der Waals surface area contributed by atoms with E-state index in [4.69, 9.17) is 4.74 Å². The molecule has 2 unspecified atom stereocenters. The van der Waals surface area contributed by atoms with Crippen molar-refractivity contribution >= 4 is 22.3 Å². The summed E-state index contributed by atoms with van der Waals surface area (Å²) in [5.41, 5.74) is 1.27. The highest BCUT2D eigenvalue weighted by molar-refractivity contribution is 5.93. The van der Waals surface area contributed by atoms with Gasteiger partial charge in [0.25, 0.3) is 0 Å². The molecule has 38 heavy (non-hydrogen) atoms. The van der Waals surface area contributed by atoms with Crippen molar-refractivity contribution in [1.29, 1.82) is 0 Å². The number of fused-ring (bicyclic) bond motifs is 1. The molecule has 4 saturated carbocycles. The zero-order valence-corrected chi connectivity index (χ0v) is 21.6. The Kier molecular flexibility index (Phi) is 6.30. The van der Waals surface area contributed by atoms with Crippen LogP contribution in [0, 0.1) is 18.8 Å². The minimum Gasteiger partial charge on any atom is -0.493 e. The Morgan fingerprint density at radius 2 is 1.82 bits per heavy atom. The van der Waals surface area contributed by atoms with Crippen molar-refractivity contribution in [3.8, 4) is 5.75 Å². The van der Waals surface area contributed by atoms with Gasteiger partial charge in [-0.15, -0.1) is 0 Å². The highest BCUT2D eigenvalue weighted by Crippen LogP contribution is 2.57. The molecular formula is C30H34F3N3O2. The Morgan fingerprint density at radius 1 is 1.05 bits per heavy atom. The number of anilines is 2. The molecule has 3 N–H and O–H groups in total. The van der Waals surface area contributed by atoms with Gasteiger partial charge in [0.15, 0.2) is 0 Å². The third kappa shape index (κ3) is 5.21. The first-order valence-corrected chi connectivity index (χ1v) is 13.5. The van der Waals surface area contributed by atoms with E-state index in [-0.39, 0.29) is 11.3 Å². The average molecular weight is 526 g/mol. The number of rotatable bonds is 8. The predicted molar refractivity (Wildman–Crippen MR) is 142 cm³/mol. The van der Waals surface area contributed by atoms with Gasteiger partial charge in [0, 0.05) is 34.1 Å². The van der Waals surface area contributed by atoms with Crippen LogP contribution in [0.5, 0.6) is 5.75 Å². The Labute approximate surface area is 220 Å². The average Bonchev–Trinajstić information content (AvgIpc) is 2.81. The molecule has 3 aromatic rings. The zero-order valence-electron chi connectivity index (χ0n) is 21.6. The Hall–Kier alpha value is -2.84. The number of aromatic nitrogens is 1. The molecule has 1 heterocycles. The third-order valence-electron chi connectivity index (χ3n) is 8.48. The molecule has 4 fully saturated rings. The fourth-order valence-electron chi connectivity index (χ4n) is 7.52. The number of ether oxygens (including phenoxy) is 1. The monoisotopic (exact) mass is 525 g/mol. The predicted octanol–water partition coefficient (Wildman–Crippen LogP) is 6.75. The van der Waals surface area contributed by atoms with Crippen LogP contribution >= 0.6 is 0 Å². The molecule has 2 atom stereocenters. The maximum atomic E-state index is 13.7. The minimum atomic E-state index is -4.49. The molecule has 0 spiro atoms. The van der Waals surface area contributed by atoms with E-state index in [0.29, 0.717) is 42.8 Å². The summed E-state index contributed by atoms with van der Waals surface area (Å²) in [7, 11) is 0. The number of hydrogen-bond acceptors (Lipinski definition) is 5. The normalized spacial score (nSPS) is 28.1. The first-order valence-electron chi connectivity index (χ1n) is 13.5.